The fourth-order valence-corrected chi connectivity index (χ4v) is 5.63. The van der Waals surface area contributed by atoms with Crippen molar-refractivity contribution < 1.29 is 23.4 Å². The molecule has 9 heteroatoms. The van der Waals surface area contributed by atoms with Gasteiger partial charge in [0.1, 0.15) is 4.21 Å². The van der Waals surface area contributed by atoms with Crippen LogP contribution in [0.5, 0.6) is 0 Å². The van der Waals surface area contributed by atoms with Crippen LogP contribution in [-0.4, -0.2) is 30.8 Å². The van der Waals surface area contributed by atoms with Crippen LogP contribution in [0, 0.1) is 0 Å². The summed E-state index contributed by atoms with van der Waals surface area (Å²) in [5.74, 6) is 0.270. The molecule has 3 N–H and O–H groups in total. The van der Waals surface area contributed by atoms with Crippen molar-refractivity contribution >= 4 is 39.1 Å². The minimum absolute atomic E-state index is 0.0199. The average Bonchev–Trinajstić information content (AvgIpc) is 3.23. The number of rotatable bonds is 5. The van der Waals surface area contributed by atoms with Gasteiger partial charge < -0.3 is 10.2 Å². The van der Waals surface area contributed by atoms with Crippen LogP contribution in [0.15, 0.2) is 70.9 Å². The lowest BCUT2D eigenvalue weighted by Gasteiger charge is -2.04. The molecule has 1 saturated carbocycles. The molecule has 2 atom stereocenters. The first-order valence-electron chi connectivity index (χ1n) is 8.61. The van der Waals surface area contributed by atoms with E-state index in [1.54, 1.807) is 18.2 Å². The van der Waals surface area contributed by atoms with Crippen LogP contribution in [0.1, 0.15) is 17.9 Å². The molecule has 152 valence electrons. The van der Waals surface area contributed by atoms with Crippen LogP contribution in [-0.2, 0) is 10.0 Å². The molecule has 29 heavy (non-hydrogen) atoms. The quantitative estimate of drug-likeness (QED) is 0.499. The number of benzene rings is 2. The molecule has 0 aliphatic heterocycles. The molecule has 0 spiro atoms. The van der Waals surface area contributed by atoms with E-state index in [0.717, 1.165) is 16.9 Å². The Labute approximate surface area is 177 Å². The van der Waals surface area contributed by atoms with Crippen molar-refractivity contribution in [3.05, 3.63) is 77.3 Å². The Balaban J connectivity index is 0.000000552. The first kappa shape index (κ1) is 21.3. The Hall–Kier alpha value is -2.39. The summed E-state index contributed by atoms with van der Waals surface area (Å²) >= 11 is 7.17. The predicted octanol–water partition coefficient (Wildman–Crippen LogP) is 5.13. The van der Waals surface area contributed by atoms with E-state index in [9.17, 15) is 8.42 Å². The van der Waals surface area contributed by atoms with Crippen LogP contribution >= 0.6 is 22.9 Å². The molecule has 0 unspecified atom stereocenters. The molecule has 4 rings (SSSR count). The summed E-state index contributed by atoms with van der Waals surface area (Å²) in [5.41, 5.74) is 2.15. The maximum absolute atomic E-state index is 12.6. The smallest absolute Gasteiger partial charge is 0.450 e. The van der Waals surface area contributed by atoms with Gasteiger partial charge in [-0.15, -0.1) is 11.3 Å². The third-order valence-corrected chi connectivity index (χ3v) is 7.67. The average molecular weight is 452 g/mol. The molecule has 1 aliphatic rings. The normalized spacial score (nSPS) is 17.8. The lowest BCUT2D eigenvalue weighted by atomic mass is 10.1. The van der Waals surface area contributed by atoms with Crippen molar-refractivity contribution in [3.8, 4) is 10.4 Å². The lowest BCUT2D eigenvalue weighted by Crippen LogP contribution is -2.26. The molecule has 1 heterocycles. The largest absolute Gasteiger partial charge is 0.503 e. The molecule has 3 aromatic rings. The number of carboxylic acid groups (broad SMARTS) is 2. The van der Waals surface area contributed by atoms with Gasteiger partial charge in [-0.3, -0.25) is 0 Å². The molecule has 1 aromatic heterocycles. The molecular formula is C20H18ClNO5S2. The highest BCUT2D eigenvalue weighted by Crippen LogP contribution is 2.42. The highest BCUT2D eigenvalue weighted by molar-refractivity contribution is 7.91. The molecule has 0 saturated heterocycles. The van der Waals surface area contributed by atoms with Gasteiger partial charge in [0, 0.05) is 21.9 Å². The van der Waals surface area contributed by atoms with Gasteiger partial charge in [-0.1, -0.05) is 54.1 Å². The fourth-order valence-electron chi connectivity index (χ4n) is 2.89. The van der Waals surface area contributed by atoms with Crippen molar-refractivity contribution in [2.75, 3.05) is 0 Å². The van der Waals surface area contributed by atoms with E-state index in [4.69, 9.17) is 26.6 Å². The highest BCUT2D eigenvalue weighted by Gasteiger charge is 2.41. The number of hydrogen-bond acceptors (Lipinski definition) is 4. The topological polar surface area (TPSA) is 104 Å². The monoisotopic (exact) mass is 451 g/mol. The maximum Gasteiger partial charge on any atom is 0.503 e. The first-order chi connectivity index (χ1) is 13.8. The third-order valence-electron chi connectivity index (χ3n) is 4.30. The van der Waals surface area contributed by atoms with E-state index in [0.29, 0.717) is 9.23 Å². The number of sulfonamides is 1. The molecular weight excluding hydrogens is 434 g/mol. The molecule has 1 aliphatic carbocycles. The zero-order valence-corrected chi connectivity index (χ0v) is 17.4. The molecule has 2 aromatic carbocycles. The first-order valence-corrected chi connectivity index (χ1v) is 11.3. The van der Waals surface area contributed by atoms with Crippen LogP contribution < -0.4 is 4.72 Å². The highest BCUT2D eigenvalue weighted by atomic mass is 35.5. The summed E-state index contributed by atoms with van der Waals surface area (Å²) in [5, 5.41) is 14.6. The summed E-state index contributed by atoms with van der Waals surface area (Å²) < 4.78 is 28.4. The van der Waals surface area contributed by atoms with Gasteiger partial charge in [-0.2, -0.15) is 0 Å². The SMILES string of the molecule is O=C(O)O.O=S(=O)(N[C@@H]1C[C@H]1c1ccccc1)c1ccc(-c2ccc(Cl)cc2)s1. The Morgan fingerprint density at radius 2 is 1.62 bits per heavy atom. The second kappa shape index (κ2) is 8.96. The van der Waals surface area contributed by atoms with Crippen molar-refractivity contribution in [1.29, 1.82) is 0 Å². The van der Waals surface area contributed by atoms with E-state index in [-0.39, 0.29) is 12.0 Å². The van der Waals surface area contributed by atoms with Gasteiger partial charge in [-0.25, -0.2) is 17.9 Å². The van der Waals surface area contributed by atoms with E-state index in [2.05, 4.69) is 4.72 Å². The van der Waals surface area contributed by atoms with E-state index >= 15 is 0 Å². The van der Waals surface area contributed by atoms with E-state index in [1.807, 2.05) is 48.5 Å². The molecule has 0 amide bonds. The van der Waals surface area contributed by atoms with E-state index < -0.39 is 16.2 Å². The fraction of sp³-hybridized carbons (Fsp3) is 0.150. The Bertz CT molecular complexity index is 1080. The lowest BCUT2D eigenvalue weighted by molar-refractivity contribution is 0.137. The minimum atomic E-state index is -3.49. The zero-order chi connectivity index (χ0) is 21.0. The Morgan fingerprint density at radius 1 is 1.00 bits per heavy atom. The minimum Gasteiger partial charge on any atom is -0.450 e. The van der Waals surface area contributed by atoms with Crippen molar-refractivity contribution in [2.24, 2.45) is 0 Å². The summed E-state index contributed by atoms with van der Waals surface area (Å²) in [6.45, 7) is 0. The number of hydrogen-bond donors (Lipinski definition) is 3. The van der Waals surface area contributed by atoms with Crippen LogP contribution in [0.3, 0.4) is 0 Å². The summed E-state index contributed by atoms with van der Waals surface area (Å²) in [6, 6.07) is 20.9. The van der Waals surface area contributed by atoms with Gasteiger partial charge >= 0.3 is 6.16 Å². The molecule has 1 fully saturated rings. The van der Waals surface area contributed by atoms with Crippen molar-refractivity contribution in [2.45, 2.75) is 22.6 Å². The second-order valence-corrected chi connectivity index (χ2v) is 9.85. The number of carbonyl (C=O) groups is 1. The Morgan fingerprint density at radius 3 is 2.24 bits per heavy atom. The van der Waals surface area contributed by atoms with Gasteiger partial charge in [0.2, 0.25) is 10.0 Å². The van der Waals surface area contributed by atoms with Crippen molar-refractivity contribution in [1.82, 2.24) is 4.72 Å². The summed E-state index contributed by atoms with van der Waals surface area (Å²) in [4.78, 5) is 9.47. The van der Waals surface area contributed by atoms with Crippen LogP contribution in [0.4, 0.5) is 4.79 Å². The van der Waals surface area contributed by atoms with Crippen LogP contribution in [0.2, 0.25) is 5.02 Å². The number of halogens is 1. The standard InChI is InChI=1S/C19H16ClNO2S2.CH2O3/c20-15-8-6-14(7-9-15)18-10-11-19(24-18)25(22,23)21-17-12-16(17)13-4-2-1-3-5-13;2-1(3)4/h1-11,16-17,21H,12H2;(H2,2,3,4)/t16-,17+;/m0./s1. The molecule has 0 radical (unpaired) electrons. The summed E-state index contributed by atoms with van der Waals surface area (Å²) in [6.07, 6.45) is -0.987. The summed E-state index contributed by atoms with van der Waals surface area (Å²) in [7, 11) is -3.49. The van der Waals surface area contributed by atoms with Gasteiger partial charge in [0.25, 0.3) is 0 Å². The number of thiophene rings is 1. The number of nitrogens with one attached hydrogen (secondary N) is 1. The third kappa shape index (κ3) is 5.80. The Kier molecular flexibility index (Phi) is 6.59. The van der Waals surface area contributed by atoms with Gasteiger partial charge in [0.05, 0.1) is 0 Å². The second-order valence-electron chi connectivity index (χ2n) is 6.39. The maximum atomic E-state index is 12.6. The van der Waals surface area contributed by atoms with E-state index in [1.165, 1.54) is 16.9 Å². The van der Waals surface area contributed by atoms with Crippen molar-refractivity contribution in [3.63, 3.8) is 0 Å². The van der Waals surface area contributed by atoms with Gasteiger partial charge in [-0.05, 0) is 41.8 Å². The van der Waals surface area contributed by atoms with Gasteiger partial charge in [0.15, 0.2) is 0 Å². The zero-order valence-electron chi connectivity index (χ0n) is 15.0. The van der Waals surface area contributed by atoms with Crippen LogP contribution in [0.25, 0.3) is 10.4 Å². The predicted molar refractivity (Wildman–Crippen MR) is 113 cm³/mol. The molecule has 0 bridgehead atoms. The molecule has 6 nitrogen and oxygen atoms in total.